The third-order valence-electron chi connectivity index (χ3n) is 1.50. The summed E-state index contributed by atoms with van der Waals surface area (Å²) in [5.74, 6) is 5.26. The zero-order chi connectivity index (χ0) is 8.97. The number of pyridine rings is 1. The number of hydrogen-bond acceptors (Lipinski definition) is 2. The average Bonchev–Trinajstić information content (AvgIpc) is 2.06. The predicted octanol–water partition coefficient (Wildman–Crippen LogP) is 1.45. The molecular weight excluding hydrogens is 150 g/mol. The van der Waals surface area contributed by atoms with Crippen molar-refractivity contribution in [2.45, 2.75) is 20.0 Å². The van der Waals surface area contributed by atoms with Crippen molar-refractivity contribution < 1.29 is 5.11 Å². The van der Waals surface area contributed by atoms with Gasteiger partial charge in [-0.15, -0.1) is 5.92 Å². The van der Waals surface area contributed by atoms with Crippen molar-refractivity contribution in [2.24, 2.45) is 0 Å². The summed E-state index contributed by atoms with van der Waals surface area (Å²) in [6, 6.07) is 3.69. The topological polar surface area (TPSA) is 33.1 Å². The Balaban J connectivity index is 2.87. The lowest BCUT2D eigenvalue weighted by molar-refractivity contribution is 0.233. The Labute approximate surface area is 72.3 Å². The number of hydrogen-bond donors (Lipinski definition) is 1. The third-order valence-corrected chi connectivity index (χ3v) is 1.50. The second-order valence-corrected chi connectivity index (χ2v) is 2.56. The number of aryl methyl sites for hydroxylation is 1. The van der Waals surface area contributed by atoms with E-state index in [4.69, 9.17) is 0 Å². The molecule has 12 heavy (non-hydrogen) atoms. The standard InChI is InChI=1S/C10H11NO/c1-3-4-10(12)9-6-5-8(2)7-11-9/h5-7,10,12H,1-2H3. The van der Waals surface area contributed by atoms with Gasteiger partial charge in [0.2, 0.25) is 0 Å². The largest absolute Gasteiger partial charge is 0.374 e. The zero-order valence-corrected chi connectivity index (χ0v) is 7.20. The van der Waals surface area contributed by atoms with Crippen LogP contribution in [0.4, 0.5) is 0 Å². The molecule has 0 bridgehead atoms. The SMILES string of the molecule is CC#CC(O)c1ccc(C)cn1. The van der Waals surface area contributed by atoms with Gasteiger partial charge in [-0.2, -0.15) is 0 Å². The molecule has 1 rings (SSSR count). The number of aromatic nitrogens is 1. The second-order valence-electron chi connectivity index (χ2n) is 2.56. The molecule has 0 aliphatic heterocycles. The molecule has 62 valence electrons. The summed E-state index contributed by atoms with van der Waals surface area (Å²) in [4.78, 5) is 4.04. The molecular formula is C10H11NO. The van der Waals surface area contributed by atoms with Crippen molar-refractivity contribution in [1.82, 2.24) is 4.98 Å². The summed E-state index contributed by atoms with van der Waals surface area (Å²) >= 11 is 0. The van der Waals surface area contributed by atoms with Crippen LogP contribution >= 0.6 is 0 Å². The number of aliphatic hydroxyl groups excluding tert-OH is 1. The van der Waals surface area contributed by atoms with E-state index in [0.29, 0.717) is 5.69 Å². The van der Waals surface area contributed by atoms with Crippen LogP contribution in [0, 0.1) is 18.8 Å². The molecule has 1 aromatic heterocycles. The van der Waals surface area contributed by atoms with Crippen LogP contribution in [-0.2, 0) is 0 Å². The van der Waals surface area contributed by atoms with E-state index in [1.165, 1.54) is 0 Å². The molecule has 1 heterocycles. The quantitative estimate of drug-likeness (QED) is 0.632. The second kappa shape index (κ2) is 3.89. The molecule has 0 amide bonds. The van der Waals surface area contributed by atoms with Crippen molar-refractivity contribution in [2.75, 3.05) is 0 Å². The maximum absolute atomic E-state index is 9.38. The smallest absolute Gasteiger partial charge is 0.156 e. The van der Waals surface area contributed by atoms with Gasteiger partial charge in [-0.25, -0.2) is 0 Å². The summed E-state index contributed by atoms with van der Waals surface area (Å²) in [6.45, 7) is 3.64. The van der Waals surface area contributed by atoms with Crippen LogP contribution in [0.15, 0.2) is 18.3 Å². The third kappa shape index (κ3) is 2.08. The van der Waals surface area contributed by atoms with E-state index >= 15 is 0 Å². The molecule has 1 aromatic rings. The fourth-order valence-electron chi connectivity index (χ4n) is 0.852. The van der Waals surface area contributed by atoms with E-state index < -0.39 is 6.10 Å². The summed E-state index contributed by atoms with van der Waals surface area (Å²) in [5.41, 5.74) is 1.69. The van der Waals surface area contributed by atoms with Gasteiger partial charge in [0.1, 0.15) is 0 Å². The highest BCUT2D eigenvalue weighted by molar-refractivity contribution is 5.20. The molecule has 0 radical (unpaired) electrons. The molecule has 0 fully saturated rings. The van der Waals surface area contributed by atoms with Gasteiger partial charge in [0.15, 0.2) is 6.10 Å². The van der Waals surface area contributed by atoms with E-state index in [1.807, 2.05) is 13.0 Å². The van der Waals surface area contributed by atoms with Crippen LogP contribution in [-0.4, -0.2) is 10.1 Å². The monoisotopic (exact) mass is 161 g/mol. The van der Waals surface area contributed by atoms with Gasteiger partial charge in [-0.05, 0) is 25.5 Å². The van der Waals surface area contributed by atoms with Gasteiger partial charge in [-0.3, -0.25) is 4.98 Å². The first kappa shape index (κ1) is 8.76. The molecule has 2 nitrogen and oxygen atoms in total. The predicted molar refractivity (Wildman–Crippen MR) is 47.4 cm³/mol. The Bertz CT molecular complexity index is 305. The Morgan fingerprint density at radius 2 is 2.25 bits per heavy atom. The van der Waals surface area contributed by atoms with Crippen molar-refractivity contribution >= 4 is 0 Å². The molecule has 1 atom stereocenters. The normalized spacial score (nSPS) is 11.6. The average molecular weight is 161 g/mol. The fraction of sp³-hybridized carbons (Fsp3) is 0.300. The van der Waals surface area contributed by atoms with E-state index in [0.717, 1.165) is 5.56 Å². The summed E-state index contributed by atoms with van der Waals surface area (Å²) in [7, 11) is 0. The van der Waals surface area contributed by atoms with E-state index in [1.54, 1.807) is 19.2 Å². The minimum Gasteiger partial charge on any atom is -0.374 e. The Morgan fingerprint density at radius 3 is 2.75 bits per heavy atom. The summed E-state index contributed by atoms with van der Waals surface area (Å²) in [5, 5.41) is 9.38. The first-order chi connectivity index (χ1) is 5.74. The molecule has 0 aliphatic carbocycles. The first-order valence-electron chi connectivity index (χ1n) is 3.77. The van der Waals surface area contributed by atoms with Crippen LogP contribution in [0.3, 0.4) is 0 Å². The molecule has 0 aromatic carbocycles. The van der Waals surface area contributed by atoms with Gasteiger partial charge in [0.05, 0.1) is 5.69 Å². The van der Waals surface area contributed by atoms with Gasteiger partial charge in [0.25, 0.3) is 0 Å². The van der Waals surface area contributed by atoms with Crippen LogP contribution in [0.25, 0.3) is 0 Å². The van der Waals surface area contributed by atoms with E-state index in [2.05, 4.69) is 16.8 Å². The molecule has 0 saturated carbocycles. The van der Waals surface area contributed by atoms with Crippen molar-refractivity contribution in [3.05, 3.63) is 29.6 Å². The van der Waals surface area contributed by atoms with Gasteiger partial charge in [0, 0.05) is 6.20 Å². The zero-order valence-electron chi connectivity index (χ0n) is 7.20. The maximum atomic E-state index is 9.38. The molecule has 0 aliphatic rings. The van der Waals surface area contributed by atoms with Crippen LogP contribution < -0.4 is 0 Å². The number of nitrogens with zero attached hydrogens (tertiary/aromatic N) is 1. The Hall–Kier alpha value is -1.33. The van der Waals surface area contributed by atoms with Crippen LogP contribution in [0.5, 0.6) is 0 Å². The molecule has 2 heteroatoms. The molecule has 0 saturated heterocycles. The number of aliphatic hydroxyl groups is 1. The highest BCUT2D eigenvalue weighted by atomic mass is 16.3. The highest BCUT2D eigenvalue weighted by Crippen LogP contribution is 2.08. The van der Waals surface area contributed by atoms with Gasteiger partial charge < -0.3 is 5.11 Å². The Morgan fingerprint density at radius 1 is 1.50 bits per heavy atom. The lowest BCUT2D eigenvalue weighted by Gasteiger charge is -2.01. The lowest BCUT2D eigenvalue weighted by atomic mass is 10.2. The minimum atomic E-state index is -0.754. The van der Waals surface area contributed by atoms with Gasteiger partial charge in [-0.1, -0.05) is 12.0 Å². The van der Waals surface area contributed by atoms with E-state index in [-0.39, 0.29) is 0 Å². The summed E-state index contributed by atoms with van der Waals surface area (Å²) in [6.07, 6.45) is 0.964. The van der Waals surface area contributed by atoms with Crippen molar-refractivity contribution in [1.29, 1.82) is 0 Å². The Kier molecular flexibility index (Phi) is 2.84. The molecule has 1 unspecified atom stereocenters. The first-order valence-corrected chi connectivity index (χ1v) is 3.77. The van der Waals surface area contributed by atoms with Crippen LogP contribution in [0.2, 0.25) is 0 Å². The fourth-order valence-corrected chi connectivity index (χ4v) is 0.852. The highest BCUT2D eigenvalue weighted by Gasteiger charge is 2.02. The van der Waals surface area contributed by atoms with Crippen molar-refractivity contribution in [3.8, 4) is 11.8 Å². The summed E-state index contributed by atoms with van der Waals surface area (Å²) < 4.78 is 0. The molecule has 1 N–H and O–H groups in total. The molecule has 0 spiro atoms. The maximum Gasteiger partial charge on any atom is 0.156 e. The van der Waals surface area contributed by atoms with E-state index in [9.17, 15) is 5.11 Å². The van der Waals surface area contributed by atoms with Crippen molar-refractivity contribution in [3.63, 3.8) is 0 Å². The van der Waals surface area contributed by atoms with Crippen LogP contribution in [0.1, 0.15) is 24.3 Å². The number of rotatable bonds is 1. The minimum absolute atomic E-state index is 0.606. The lowest BCUT2D eigenvalue weighted by Crippen LogP contribution is -1.96. The van der Waals surface area contributed by atoms with Gasteiger partial charge >= 0.3 is 0 Å².